The number of nitrogens with zero attached hydrogens (tertiary/aromatic N) is 1. The number of hydrogen-bond acceptors (Lipinski definition) is 3. The number of rotatable bonds is 5. The average molecular weight is 423 g/mol. The molecule has 4 rings (SSSR count). The number of hydrogen-bond donors (Lipinski definition) is 2. The van der Waals surface area contributed by atoms with Crippen LogP contribution in [-0.2, 0) is 6.18 Å². The van der Waals surface area contributed by atoms with Gasteiger partial charge >= 0.3 is 6.18 Å². The molecule has 0 bridgehead atoms. The largest absolute Gasteiger partial charge is 0.457 e. The summed E-state index contributed by atoms with van der Waals surface area (Å²) in [5, 5.41) is 2.73. The Morgan fingerprint density at radius 1 is 0.903 bits per heavy atom. The summed E-state index contributed by atoms with van der Waals surface area (Å²) < 4.78 is 44.4. The molecule has 0 radical (unpaired) electrons. The summed E-state index contributed by atoms with van der Waals surface area (Å²) in [4.78, 5) is 19.2. The van der Waals surface area contributed by atoms with Crippen molar-refractivity contribution in [2.24, 2.45) is 0 Å². The standard InChI is InChI=1S/C23H16F3N3O2/c24-23(25,26)17-3-1-2-15(12-17)16-13-21(28-14-16)22(30)29-18-4-6-19(7-5-18)31-20-8-10-27-11-9-20/h1-14,28H,(H,29,30). The van der Waals surface area contributed by atoms with Crippen molar-refractivity contribution in [1.29, 1.82) is 0 Å². The first kappa shape index (κ1) is 20.2. The number of pyridine rings is 1. The van der Waals surface area contributed by atoms with Gasteiger partial charge in [-0.25, -0.2) is 0 Å². The second kappa shape index (κ2) is 8.35. The third-order valence-corrected chi connectivity index (χ3v) is 4.45. The molecule has 0 spiro atoms. The lowest BCUT2D eigenvalue weighted by atomic mass is 10.1. The van der Waals surface area contributed by atoms with Crippen molar-refractivity contribution in [3.8, 4) is 22.6 Å². The molecular weight excluding hydrogens is 407 g/mol. The van der Waals surface area contributed by atoms with Gasteiger partial charge in [0.1, 0.15) is 17.2 Å². The molecule has 0 aliphatic carbocycles. The molecule has 0 saturated carbocycles. The van der Waals surface area contributed by atoms with Gasteiger partial charge in [-0.3, -0.25) is 9.78 Å². The minimum Gasteiger partial charge on any atom is -0.457 e. The molecule has 0 aliphatic heterocycles. The van der Waals surface area contributed by atoms with Crippen molar-refractivity contribution < 1.29 is 22.7 Å². The van der Waals surface area contributed by atoms with Crippen molar-refractivity contribution in [3.05, 3.63) is 96.6 Å². The molecule has 5 nitrogen and oxygen atoms in total. The van der Waals surface area contributed by atoms with Crippen LogP contribution < -0.4 is 10.1 Å². The number of H-pyrrole nitrogens is 1. The number of carbonyl (C=O) groups excluding carboxylic acids is 1. The molecule has 2 N–H and O–H groups in total. The Labute approximate surface area is 175 Å². The minimum atomic E-state index is -4.43. The summed E-state index contributed by atoms with van der Waals surface area (Å²) in [5.74, 6) is 0.817. The van der Waals surface area contributed by atoms with Crippen LogP contribution in [0.1, 0.15) is 16.1 Å². The molecule has 0 saturated heterocycles. The van der Waals surface area contributed by atoms with E-state index in [2.05, 4.69) is 15.3 Å². The maximum atomic E-state index is 12.9. The molecule has 0 atom stereocenters. The first-order valence-electron chi connectivity index (χ1n) is 9.24. The molecule has 0 unspecified atom stereocenters. The summed E-state index contributed by atoms with van der Waals surface area (Å²) in [5.41, 5.74) is 0.873. The SMILES string of the molecule is O=C(Nc1ccc(Oc2ccncc2)cc1)c1cc(-c2cccc(C(F)(F)F)c2)c[nH]1. The molecule has 0 aliphatic rings. The number of alkyl halides is 3. The van der Waals surface area contributed by atoms with Crippen molar-refractivity contribution in [2.45, 2.75) is 6.18 Å². The summed E-state index contributed by atoms with van der Waals surface area (Å²) in [6, 6.07) is 16.7. The van der Waals surface area contributed by atoms with E-state index in [4.69, 9.17) is 4.74 Å². The van der Waals surface area contributed by atoms with Gasteiger partial charge < -0.3 is 15.0 Å². The Hall–Kier alpha value is -4.07. The van der Waals surface area contributed by atoms with Crippen LogP contribution in [0.5, 0.6) is 11.5 Å². The molecular formula is C23H16F3N3O2. The van der Waals surface area contributed by atoms with Gasteiger partial charge in [-0.2, -0.15) is 13.2 Å². The summed E-state index contributed by atoms with van der Waals surface area (Å²) >= 11 is 0. The quantitative estimate of drug-likeness (QED) is 0.405. The monoisotopic (exact) mass is 423 g/mol. The summed E-state index contributed by atoms with van der Waals surface area (Å²) in [7, 11) is 0. The predicted molar refractivity (Wildman–Crippen MR) is 110 cm³/mol. The van der Waals surface area contributed by atoms with Crippen LogP contribution in [0.4, 0.5) is 18.9 Å². The highest BCUT2D eigenvalue weighted by Crippen LogP contribution is 2.32. The van der Waals surface area contributed by atoms with Gasteiger partial charge in [0.05, 0.1) is 5.56 Å². The number of aromatic nitrogens is 2. The molecule has 1 amide bonds. The second-order valence-corrected chi connectivity index (χ2v) is 6.64. The van der Waals surface area contributed by atoms with E-state index in [1.807, 2.05) is 0 Å². The van der Waals surface area contributed by atoms with E-state index in [0.717, 1.165) is 12.1 Å². The van der Waals surface area contributed by atoms with Gasteiger partial charge in [-0.15, -0.1) is 0 Å². The number of anilines is 1. The first-order valence-corrected chi connectivity index (χ1v) is 9.24. The normalized spacial score (nSPS) is 11.2. The lowest BCUT2D eigenvalue weighted by Crippen LogP contribution is -2.11. The van der Waals surface area contributed by atoms with Crippen molar-refractivity contribution in [3.63, 3.8) is 0 Å². The van der Waals surface area contributed by atoms with Crippen LogP contribution in [0.2, 0.25) is 0 Å². The van der Waals surface area contributed by atoms with E-state index < -0.39 is 17.6 Å². The van der Waals surface area contributed by atoms with Gasteiger partial charge in [0, 0.05) is 24.3 Å². The number of nitrogens with one attached hydrogen (secondary N) is 2. The summed E-state index contributed by atoms with van der Waals surface area (Å²) in [6.45, 7) is 0. The van der Waals surface area contributed by atoms with Crippen molar-refractivity contribution in [2.75, 3.05) is 5.32 Å². The molecule has 2 aromatic carbocycles. The van der Waals surface area contributed by atoms with E-state index >= 15 is 0 Å². The number of amides is 1. The van der Waals surface area contributed by atoms with Crippen LogP contribution in [0.3, 0.4) is 0 Å². The molecule has 2 aromatic heterocycles. The number of carbonyl (C=O) groups is 1. The van der Waals surface area contributed by atoms with E-state index in [1.54, 1.807) is 54.9 Å². The van der Waals surface area contributed by atoms with Crippen molar-refractivity contribution in [1.82, 2.24) is 9.97 Å². The van der Waals surface area contributed by atoms with Crippen molar-refractivity contribution >= 4 is 11.6 Å². The van der Waals surface area contributed by atoms with Crippen LogP contribution in [0, 0.1) is 0 Å². The maximum absolute atomic E-state index is 12.9. The first-order chi connectivity index (χ1) is 14.9. The zero-order chi connectivity index (χ0) is 21.8. The predicted octanol–water partition coefficient (Wildman–Crippen LogP) is 6.14. The molecule has 8 heteroatoms. The van der Waals surface area contributed by atoms with Crippen LogP contribution >= 0.6 is 0 Å². The fourth-order valence-corrected chi connectivity index (χ4v) is 2.91. The zero-order valence-electron chi connectivity index (χ0n) is 16.0. The number of ether oxygens (including phenoxy) is 1. The van der Waals surface area contributed by atoms with Gasteiger partial charge in [0.2, 0.25) is 0 Å². The number of halogens is 3. The third-order valence-electron chi connectivity index (χ3n) is 4.45. The van der Waals surface area contributed by atoms with E-state index in [0.29, 0.717) is 28.3 Å². The Morgan fingerprint density at radius 2 is 1.61 bits per heavy atom. The molecule has 156 valence electrons. The number of aromatic amines is 1. The van der Waals surface area contributed by atoms with Gasteiger partial charge in [0.25, 0.3) is 5.91 Å². The smallest absolute Gasteiger partial charge is 0.416 e. The maximum Gasteiger partial charge on any atom is 0.416 e. The van der Waals surface area contributed by atoms with Gasteiger partial charge in [-0.05, 0) is 65.7 Å². The highest BCUT2D eigenvalue weighted by atomic mass is 19.4. The Morgan fingerprint density at radius 3 is 2.32 bits per heavy atom. The van der Waals surface area contributed by atoms with E-state index in [-0.39, 0.29) is 5.69 Å². The lowest BCUT2D eigenvalue weighted by molar-refractivity contribution is -0.137. The third kappa shape index (κ3) is 4.92. The summed E-state index contributed by atoms with van der Waals surface area (Å²) in [6.07, 6.45) is 0.303. The second-order valence-electron chi connectivity index (χ2n) is 6.64. The fraction of sp³-hybridized carbons (Fsp3) is 0.0435. The Kier molecular flexibility index (Phi) is 5.44. The van der Waals surface area contributed by atoms with Gasteiger partial charge in [-0.1, -0.05) is 12.1 Å². The fourth-order valence-electron chi connectivity index (χ4n) is 2.91. The molecule has 0 fully saturated rings. The lowest BCUT2D eigenvalue weighted by Gasteiger charge is -2.08. The van der Waals surface area contributed by atoms with E-state index in [1.165, 1.54) is 18.3 Å². The van der Waals surface area contributed by atoms with Crippen LogP contribution in [-0.4, -0.2) is 15.9 Å². The van der Waals surface area contributed by atoms with Crippen LogP contribution in [0.25, 0.3) is 11.1 Å². The van der Waals surface area contributed by atoms with Gasteiger partial charge in [0.15, 0.2) is 0 Å². The average Bonchev–Trinajstić information content (AvgIpc) is 3.26. The highest BCUT2D eigenvalue weighted by molar-refractivity contribution is 6.03. The Balaban J connectivity index is 1.43. The minimum absolute atomic E-state index is 0.226. The zero-order valence-corrected chi connectivity index (χ0v) is 16.0. The Bertz CT molecular complexity index is 1190. The van der Waals surface area contributed by atoms with Crippen LogP contribution in [0.15, 0.2) is 85.3 Å². The topological polar surface area (TPSA) is 67.0 Å². The molecule has 2 heterocycles. The number of benzene rings is 2. The highest BCUT2D eigenvalue weighted by Gasteiger charge is 2.30. The van der Waals surface area contributed by atoms with E-state index in [9.17, 15) is 18.0 Å². The molecule has 31 heavy (non-hydrogen) atoms. The molecule has 4 aromatic rings.